The highest BCUT2D eigenvalue weighted by atomic mass is 16.5. The van der Waals surface area contributed by atoms with Gasteiger partial charge in [0, 0.05) is 25.8 Å². The van der Waals surface area contributed by atoms with Crippen LogP contribution in [0.1, 0.15) is 39.5 Å². The van der Waals surface area contributed by atoms with E-state index in [4.69, 9.17) is 4.74 Å². The van der Waals surface area contributed by atoms with Crippen LogP contribution in [0, 0.1) is 11.8 Å². The number of nitrogens with one attached hydrogen (secondary N) is 1. The Kier molecular flexibility index (Phi) is 5.93. The summed E-state index contributed by atoms with van der Waals surface area (Å²) in [4.78, 5) is 2.68. The maximum Gasteiger partial charge on any atom is 0.0469 e. The molecule has 3 nitrogen and oxygen atoms in total. The number of likely N-dealkylation sites (tertiary alicyclic amines) is 1. The molecule has 1 N–H and O–H groups in total. The second-order valence-electron chi connectivity index (χ2n) is 6.36. The molecule has 3 heteroatoms. The van der Waals surface area contributed by atoms with E-state index in [-0.39, 0.29) is 0 Å². The fourth-order valence-corrected chi connectivity index (χ4v) is 3.07. The van der Waals surface area contributed by atoms with Crippen LogP contribution in [0.2, 0.25) is 0 Å². The van der Waals surface area contributed by atoms with Gasteiger partial charge in [-0.15, -0.1) is 0 Å². The van der Waals surface area contributed by atoms with E-state index in [1.54, 1.807) is 0 Å². The number of hydrogen-bond donors (Lipinski definition) is 1. The molecule has 2 saturated heterocycles. The Morgan fingerprint density at radius 2 is 1.72 bits per heavy atom. The minimum atomic E-state index is 0.630. The Hall–Kier alpha value is -0.120. The summed E-state index contributed by atoms with van der Waals surface area (Å²) in [6.07, 6.45) is 5.30. The Morgan fingerprint density at radius 3 is 2.33 bits per heavy atom. The molecule has 0 radical (unpaired) electrons. The van der Waals surface area contributed by atoms with Gasteiger partial charge in [-0.1, -0.05) is 13.8 Å². The molecular formula is C15H30N2O. The topological polar surface area (TPSA) is 24.5 Å². The fraction of sp³-hybridized carbons (Fsp3) is 1.00. The molecule has 2 aliphatic heterocycles. The summed E-state index contributed by atoms with van der Waals surface area (Å²) in [5, 5.41) is 3.58. The second-order valence-corrected chi connectivity index (χ2v) is 6.36. The third-order valence-corrected chi connectivity index (χ3v) is 4.38. The van der Waals surface area contributed by atoms with Crippen molar-refractivity contribution >= 4 is 0 Å². The summed E-state index contributed by atoms with van der Waals surface area (Å²) in [7, 11) is 0. The molecule has 106 valence electrons. The molecule has 0 aromatic heterocycles. The van der Waals surface area contributed by atoms with Gasteiger partial charge in [-0.3, -0.25) is 0 Å². The van der Waals surface area contributed by atoms with Gasteiger partial charge in [-0.25, -0.2) is 0 Å². The smallest absolute Gasteiger partial charge is 0.0469 e. The number of nitrogens with zero attached hydrogens (tertiary/aromatic N) is 1. The SMILES string of the molecule is CC(C)NCC1CCN(CC2CCOCC2)CC1. The quantitative estimate of drug-likeness (QED) is 0.813. The van der Waals surface area contributed by atoms with Crippen LogP contribution in [-0.2, 0) is 4.74 Å². The van der Waals surface area contributed by atoms with Crippen LogP contribution in [0.5, 0.6) is 0 Å². The lowest BCUT2D eigenvalue weighted by molar-refractivity contribution is 0.0467. The van der Waals surface area contributed by atoms with E-state index in [1.807, 2.05) is 0 Å². The van der Waals surface area contributed by atoms with Crippen LogP contribution < -0.4 is 5.32 Å². The van der Waals surface area contributed by atoms with E-state index in [0.29, 0.717) is 6.04 Å². The van der Waals surface area contributed by atoms with Crippen molar-refractivity contribution in [2.75, 3.05) is 39.4 Å². The first-order chi connectivity index (χ1) is 8.74. The lowest BCUT2D eigenvalue weighted by atomic mass is 9.94. The molecule has 0 aromatic carbocycles. The Labute approximate surface area is 112 Å². The summed E-state index contributed by atoms with van der Waals surface area (Å²) < 4.78 is 5.43. The van der Waals surface area contributed by atoms with E-state index >= 15 is 0 Å². The van der Waals surface area contributed by atoms with Crippen LogP contribution in [-0.4, -0.2) is 50.3 Å². The zero-order chi connectivity index (χ0) is 12.8. The zero-order valence-electron chi connectivity index (χ0n) is 12.2. The molecule has 0 aromatic rings. The molecule has 0 spiro atoms. The lowest BCUT2D eigenvalue weighted by Crippen LogP contribution is -2.41. The highest BCUT2D eigenvalue weighted by Gasteiger charge is 2.22. The summed E-state index contributed by atoms with van der Waals surface area (Å²) in [5.41, 5.74) is 0. The van der Waals surface area contributed by atoms with Gasteiger partial charge < -0.3 is 15.0 Å². The van der Waals surface area contributed by atoms with Crippen molar-refractivity contribution in [2.24, 2.45) is 11.8 Å². The average Bonchev–Trinajstić information content (AvgIpc) is 2.39. The van der Waals surface area contributed by atoms with E-state index in [1.165, 1.54) is 51.9 Å². The third-order valence-electron chi connectivity index (χ3n) is 4.38. The van der Waals surface area contributed by atoms with Crippen molar-refractivity contribution in [3.8, 4) is 0 Å². The highest BCUT2D eigenvalue weighted by Crippen LogP contribution is 2.21. The van der Waals surface area contributed by atoms with Crippen molar-refractivity contribution in [3.05, 3.63) is 0 Å². The normalized spacial score (nSPS) is 24.8. The molecule has 0 atom stereocenters. The molecular weight excluding hydrogens is 224 g/mol. The molecule has 2 heterocycles. The minimum absolute atomic E-state index is 0.630. The van der Waals surface area contributed by atoms with E-state index < -0.39 is 0 Å². The van der Waals surface area contributed by atoms with Gasteiger partial charge in [0.15, 0.2) is 0 Å². The molecule has 0 amide bonds. The largest absolute Gasteiger partial charge is 0.381 e. The molecule has 2 rings (SSSR count). The maximum absolute atomic E-state index is 5.43. The monoisotopic (exact) mass is 254 g/mol. The first-order valence-corrected chi connectivity index (χ1v) is 7.77. The fourth-order valence-electron chi connectivity index (χ4n) is 3.07. The zero-order valence-corrected chi connectivity index (χ0v) is 12.2. The molecule has 0 unspecified atom stereocenters. The third kappa shape index (κ3) is 4.87. The van der Waals surface area contributed by atoms with Gasteiger partial charge in [0.2, 0.25) is 0 Å². The lowest BCUT2D eigenvalue weighted by Gasteiger charge is -2.35. The Morgan fingerprint density at radius 1 is 1.06 bits per heavy atom. The van der Waals surface area contributed by atoms with Crippen molar-refractivity contribution < 1.29 is 4.74 Å². The van der Waals surface area contributed by atoms with Gasteiger partial charge in [-0.2, -0.15) is 0 Å². The maximum atomic E-state index is 5.43. The van der Waals surface area contributed by atoms with Gasteiger partial charge in [0.25, 0.3) is 0 Å². The summed E-state index contributed by atoms with van der Waals surface area (Å²) >= 11 is 0. The number of rotatable bonds is 5. The highest BCUT2D eigenvalue weighted by molar-refractivity contribution is 4.77. The van der Waals surface area contributed by atoms with Crippen LogP contribution >= 0.6 is 0 Å². The van der Waals surface area contributed by atoms with Gasteiger partial charge in [-0.05, 0) is 57.2 Å². The predicted octanol–water partition coefficient (Wildman–Crippen LogP) is 2.12. The first-order valence-electron chi connectivity index (χ1n) is 7.77. The van der Waals surface area contributed by atoms with Crippen LogP contribution in [0.15, 0.2) is 0 Å². The number of piperidine rings is 1. The van der Waals surface area contributed by atoms with Gasteiger partial charge in [0.05, 0.1) is 0 Å². The molecule has 2 fully saturated rings. The molecule has 0 bridgehead atoms. The van der Waals surface area contributed by atoms with Crippen LogP contribution in [0.3, 0.4) is 0 Å². The first kappa shape index (κ1) is 14.3. The summed E-state index contributed by atoms with van der Waals surface area (Å²) in [5.74, 6) is 1.79. The predicted molar refractivity (Wildman–Crippen MR) is 75.8 cm³/mol. The number of hydrogen-bond acceptors (Lipinski definition) is 3. The molecule has 0 aliphatic carbocycles. The van der Waals surface area contributed by atoms with E-state index in [9.17, 15) is 0 Å². The van der Waals surface area contributed by atoms with E-state index in [0.717, 1.165) is 25.0 Å². The minimum Gasteiger partial charge on any atom is -0.381 e. The summed E-state index contributed by atoms with van der Waals surface area (Å²) in [6.45, 7) is 11.6. The van der Waals surface area contributed by atoms with Crippen LogP contribution in [0.25, 0.3) is 0 Å². The van der Waals surface area contributed by atoms with Crippen molar-refractivity contribution in [3.63, 3.8) is 0 Å². The van der Waals surface area contributed by atoms with Gasteiger partial charge in [0.1, 0.15) is 0 Å². The molecule has 18 heavy (non-hydrogen) atoms. The van der Waals surface area contributed by atoms with E-state index in [2.05, 4.69) is 24.1 Å². The van der Waals surface area contributed by atoms with Crippen molar-refractivity contribution in [2.45, 2.75) is 45.6 Å². The molecule has 0 saturated carbocycles. The second kappa shape index (κ2) is 7.46. The average molecular weight is 254 g/mol. The molecule has 2 aliphatic rings. The Balaban J connectivity index is 1.60. The summed E-state index contributed by atoms with van der Waals surface area (Å²) in [6, 6.07) is 0.630. The van der Waals surface area contributed by atoms with Gasteiger partial charge >= 0.3 is 0 Å². The number of ether oxygens (including phenoxy) is 1. The van der Waals surface area contributed by atoms with Crippen molar-refractivity contribution in [1.29, 1.82) is 0 Å². The van der Waals surface area contributed by atoms with Crippen molar-refractivity contribution in [1.82, 2.24) is 10.2 Å². The van der Waals surface area contributed by atoms with Crippen LogP contribution in [0.4, 0.5) is 0 Å². The Bertz CT molecular complexity index is 219. The standard InChI is InChI=1S/C15H30N2O/c1-13(2)16-11-14-3-7-17(8-4-14)12-15-5-9-18-10-6-15/h13-16H,3-12H2,1-2H3.